The molecule has 6 aromatic rings. The fourth-order valence-electron chi connectivity index (χ4n) is 6.46. The third-order valence-corrected chi connectivity index (χ3v) is 12.4. The molecule has 0 aliphatic carbocycles. The van der Waals surface area contributed by atoms with Gasteiger partial charge in [-0.25, -0.2) is 4.98 Å². The Morgan fingerprint density at radius 1 is 0.723 bits per heavy atom. The first kappa shape index (κ1) is 31.3. The van der Waals surface area contributed by atoms with Gasteiger partial charge in [-0.2, -0.15) is 0 Å². The molecule has 1 radical (unpaired) electrons. The molecule has 2 atom stereocenters. The highest BCUT2D eigenvalue weighted by atomic mass is 32.2. The Morgan fingerprint density at radius 3 is 1.89 bits per heavy atom. The predicted molar refractivity (Wildman–Crippen MR) is 198 cm³/mol. The van der Waals surface area contributed by atoms with Crippen molar-refractivity contribution in [1.29, 1.82) is 0 Å². The molecule has 47 heavy (non-hydrogen) atoms. The summed E-state index contributed by atoms with van der Waals surface area (Å²) in [6.45, 7) is 6.86. The van der Waals surface area contributed by atoms with Gasteiger partial charge in [0.1, 0.15) is 11.4 Å². The van der Waals surface area contributed by atoms with Crippen molar-refractivity contribution in [3.63, 3.8) is 0 Å². The number of aromatic nitrogens is 1. The van der Waals surface area contributed by atoms with E-state index < -0.39 is 9.04 Å². The molecule has 1 aromatic heterocycles. The van der Waals surface area contributed by atoms with Crippen molar-refractivity contribution in [2.75, 3.05) is 5.75 Å². The SMILES string of the molecule is CC(C)(C)c1cccc(CC2CCSC2c2nc(-c3ccccc3)c(-c3ccccc3)o2)c1O[Si](c1ccccc1)c1ccccc1. The van der Waals surface area contributed by atoms with Crippen LogP contribution in [0.5, 0.6) is 5.75 Å². The summed E-state index contributed by atoms with van der Waals surface area (Å²) in [6.07, 6.45) is 2.01. The summed E-state index contributed by atoms with van der Waals surface area (Å²) < 4.78 is 14.1. The van der Waals surface area contributed by atoms with E-state index in [2.05, 4.69) is 148 Å². The van der Waals surface area contributed by atoms with E-state index in [0.717, 1.165) is 52.8 Å². The van der Waals surface area contributed by atoms with E-state index in [4.69, 9.17) is 13.8 Å². The average molecular weight is 651 g/mol. The topological polar surface area (TPSA) is 35.3 Å². The predicted octanol–water partition coefficient (Wildman–Crippen LogP) is 9.53. The lowest BCUT2D eigenvalue weighted by atomic mass is 9.83. The Bertz CT molecular complexity index is 1810. The van der Waals surface area contributed by atoms with Crippen LogP contribution in [0.1, 0.15) is 49.5 Å². The number of oxazole rings is 1. The monoisotopic (exact) mass is 650 g/mol. The summed E-state index contributed by atoms with van der Waals surface area (Å²) in [5.74, 6) is 4.15. The maximum absolute atomic E-state index is 7.32. The van der Waals surface area contributed by atoms with Gasteiger partial charge in [0.05, 0.1) is 5.25 Å². The van der Waals surface area contributed by atoms with Gasteiger partial charge in [0.25, 0.3) is 0 Å². The number of thioether (sulfide) groups is 1. The Labute approximate surface area is 284 Å². The molecule has 1 aliphatic heterocycles. The minimum Gasteiger partial charge on any atom is -0.532 e. The third kappa shape index (κ3) is 6.88. The Balaban J connectivity index is 1.26. The van der Waals surface area contributed by atoms with Crippen molar-refractivity contribution in [3.05, 3.63) is 157 Å². The van der Waals surface area contributed by atoms with E-state index in [9.17, 15) is 0 Å². The first-order valence-corrected chi connectivity index (χ1v) is 18.9. The van der Waals surface area contributed by atoms with Crippen LogP contribution in [0.4, 0.5) is 0 Å². The highest BCUT2D eigenvalue weighted by Gasteiger charge is 2.36. The van der Waals surface area contributed by atoms with E-state index in [1.807, 2.05) is 23.9 Å². The quantitative estimate of drug-likeness (QED) is 0.146. The summed E-state index contributed by atoms with van der Waals surface area (Å²) in [4.78, 5) is 5.22. The number of benzene rings is 5. The van der Waals surface area contributed by atoms with E-state index in [1.165, 1.54) is 21.5 Å². The molecule has 3 nitrogen and oxygen atoms in total. The number of rotatable bonds is 9. The highest BCUT2D eigenvalue weighted by Crippen LogP contribution is 2.49. The first-order valence-electron chi connectivity index (χ1n) is 16.5. The average Bonchev–Trinajstić information content (AvgIpc) is 3.76. The lowest BCUT2D eigenvalue weighted by molar-refractivity contribution is 0.423. The van der Waals surface area contributed by atoms with Gasteiger partial charge in [-0.05, 0) is 51.4 Å². The van der Waals surface area contributed by atoms with E-state index in [0.29, 0.717) is 5.92 Å². The molecule has 5 heteroatoms. The van der Waals surface area contributed by atoms with Crippen molar-refractivity contribution in [2.24, 2.45) is 5.92 Å². The van der Waals surface area contributed by atoms with Gasteiger partial charge in [0.15, 0.2) is 5.76 Å². The summed E-state index contributed by atoms with van der Waals surface area (Å²) in [5, 5.41) is 2.65. The summed E-state index contributed by atoms with van der Waals surface area (Å²) in [7, 11) is -1.55. The molecular weight excluding hydrogens is 611 g/mol. The van der Waals surface area contributed by atoms with Crippen LogP contribution in [-0.4, -0.2) is 19.8 Å². The molecule has 5 aromatic carbocycles. The second-order valence-electron chi connectivity index (χ2n) is 13.2. The molecule has 0 saturated carbocycles. The van der Waals surface area contributed by atoms with Gasteiger partial charge in [0.2, 0.25) is 5.89 Å². The van der Waals surface area contributed by atoms with Crippen molar-refractivity contribution >= 4 is 31.2 Å². The minimum atomic E-state index is -1.55. The normalized spacial score (nSPS) is 16.4. The zero-order valence-corrected chi connectivity index (χ0v) is 29.0. The van der Waals surface area contributed by atoms with Crippen LogP contribution in [0.3, 0.4) is 0 Å². The fourth-order valence-corrected chi connectivity index (χ4v) is 9.90. The molecule has 2 heterocycles. The summed E-state index contributed by atoms with van der Waals surface area (Å²) in [5.41, 5.74) is 5.48. The van der Waals surface area contributed by atoms with Crippen molar-refractivity contribution in [1.82, 2.24) is 4.98 Å². The van der Waals surface area contributed by atoms with Gasteiger partial charge in [-0.1, -0.05) is 160 Å². The molecular formula is C42H40NO2SSi. The number of hydrogen-bond donors (Lipinski definition) is 0. The Kier molecular flexibility index (Phi) is 9.19. The molecule has 7 rings (SSSR count). The maximum atomic E-state index is 7.32. The second-order valence-corrected chi connectivity index (χ2v) is 16.5. The zero-order valence-electron chi connectivity index (χ0n) is 27.2. The summed E-state index contributed by atoms with van der Waals surface area (Å²) in [6, 6.07) is 49.0. The third-order valence-electron chi connectivity index (χ3n) is 8.85. The fraction of sp³-hybridized carbons (Fsp3) is 0.214. The molecule has 2 unspecified atom stereocenters. The Morgan fingerprint density at radius 2 is 1.30 bits per heavy atom. The van der Waals surface area contributed by atoms with Crippen LogP contribution in [0, 0.1) is 5.92 Å². The van der Waals surface area contributed by atoms with Crippen molar-refractivity contribution in [3.8, 4) is 28.3 Å². The van der Waals surface area contributed by atoms with E-state index in [1.54, 1.807) is 0 Å². The largest absolute Gasteiger partial charge is 0.532 e. The molecule has 1 fully saturated rings. The van der Waals surface area contributed by atoms with Crippen LogP contribution < -0.4 is 14.8 Å². The second kappa shape index (κ2) is 13.8. The van der Waals surface area contributed by atoms with Crippen LogP contribution in [-0.2, 0) is 11.8 Å². The molecule has 1 aliphatic rings. The van der Waals surface area contributed by atoms with Gasteiger partial charge in [-0.15, -0.1) is 11.8 Å². The minimum absolute atomic E-state index is 0.0761. The van der Waals surface area contributed by atoms with Crippen LogP contribution in [0.2, 0.25) is 0 Å². The zero-order chi connectivity index (χ0) is 32.2. The lowest BCUT2D eigenvalue weighted by Crippen LogP contribution is -2.48. The molecule has 0 spiro atoms. The number of para-hydroxylation sites is 1. The van der Waals surface area contributed by atoms with E-state index >= 15 is 0 Å². The molecule has 235 valence electrons. The molecule has 0 N–H and O–H groups in total. The first-order chi connectivity index (χ1) is 23.0. The standard InChI is InChI=1S/C42H40NO2SSi/c1-42(2,3)36-26-16-21-32(38(36)45-47(34-22-12-6-13-23-34)35-24-14-7-15-25-35)29-33-27-28-46-40(33)41-43-37(30-17-8-4-9-18-30)39(44-41)31-19-10-5-11-20-31/h4-26,33,40H,27-29H2,1-3H3. The van der Waals surface area contributed by atoms with Crippen LogP contribution in [0.15, 0.2) is 144 Å². The van der Waals surface area contributed by atoms with Gasteiger partial charge in [0, 0.05) is 11.1 Å². The number of nitrogens with zero attached hydrogens (tertiary/aromatic N) is 1. The van der Waals surface area contributed by atoms with Crippen LogP contribution >= 0.6 is 11.8 Å². The van der Waals surface area contributed by atoms with Gasteiger partial charge in [-0.3, -0.25) is 0 Å². The maximum Gasteiger partial charge on any atom is 0.352 e. The highest BCUT2D eigenvalue weighted by molar-refractivity contribution is 7.99. The molecule has 1 saturated heterocycles. The molecule has 0 amide bonds. The lowest BCUT2D eigenvalue weighted by Gasteiger charge is -2.29. The van der Waals surface area contributed by atoms with Crippen LogP contribution in [0.25, 0.3) is 22.6 Å². The van der Waals surface area contributed by atoms with E-state index in [-0.39, 0.29) is 10.7 Å². The Hall–Kier alpha value is -4.32. The molecule has 0 bridgehead atoms. The smallest absolute Gasteiger partial charge is 0.352 e. The van der Waals surface area contributed by atoms with Crippen molar-refractivity contribution < 1.29 is 8.84 Å². The summed E-state index contributed by atoms with van der Waals surface area (Å²) >= 11 is 1.97. The van der Waals surface area contributed by atoms with Gasteiger partial charge >= 0.3 is 9.04 Å². The number of hydrogen-bond acceptors (Lipinski definition) is 4. The van der Waals surface area contributed by atoms with Gasteiger partial charge < -0.3 is 8.84 Å². The van der Waals surface area contributed by atoms with Crippen molar-refractivity contribution in [2.45, 2.75) is 44.3 Å².